The molecule has 2 aromatic rings. The molecule has 7 nitrogen and oxygen atoms in total. The summed E-state index contributed by atoms with van der Waals surface area (Å²) in [5.41, 5.74) is 3.12. The largest absolute Gasteiger partial charge is 0.368 e. The van der Waals surface area contributed by atoms with Crippen molar-refractivity contribution in [1.29, 1.82) is 0 Å². The summed E-state index contributed by atoms with van der Waals surface area (Å²) in [5, 5.41) is 5.73. The van der Waals surface area contributed by atoms with Crippen LogP contribution in [0, 0.1) is 0 Å². The van der Waals surface area contributed by atoms with Gasteiger partial charge in [0.25, 0.3) is 0 Å². The first kappa shape index (κ1) is 19.9. The average molecular weight is 406 g/mol. The maximum absolute atomic E-state index is 12.7. The number of piperazine rings is 1. The zero-order valence-corrected chi connectivity index (χ0v) is 17.2. The van der Waals surface area contributed by atoms with Gasteiger partial charge in [0.15, 0.2) is 0 Å². The number of rotatable bonds is 4. The van der Waals surface area contributed by atoms with Crippen LogP contribution in [0.15, 0.2) is 59.6 Å². The van der Waals surface area contributed by atoms with E-state index in [4.69, 9.17) is 0 Å². The predicted molar refractivity (Wildman–Crippen MR) is 119 cm³/mol. The number of aryl methyl sites for hydroxylation is 1. The van der Waals surface area contributed by atoms with Crippen molar-refractivity contribution in [3.8, 4) is 0 Å². The third-order valence-corrected chi connectivity index (χ3v) is 5.54. The summed E-state index contributed by atoms with van der Waals surface area (Å²) in [6.45, 7) is 5.23. The number of anilines is 2. The van der Waals surface area contributed by atoms with Crippen molar-refractivity contribution in [3.05, 3.63) is 60.2 Å². The number of hydrogen-bond acceptors (Lipinski definition) is 5. The van der Waals surface area contributed by atoms with Crippen molar-refractivity contribution in [2.75, 3.05) is 36.4 Å². The van der Waals surface area contributed by atoms with Gasteiger partial charge in [-0.25, -0.2) is 4.99 Å². The fourth-order valence-electron chi connectivity index (χ4n) is 3.75. The molecule has 2 amide bonds. The predicted octanol–water partition coefficient (Wildman–Crippen LogP) is 2.25. The van der Waals surface area contributed by atoms with Gasteiger partial charge in [-0.1, -0.05) is 37.3 Å². The molecule has 0 spiro atoms. The summed E-state index contributed by atoms with van der Waals surface area (Å²) in [6.07, 6.45) is 1.01. The number of hydrogen-bond donors (Lipinski definition) is 2. The van der Waals surface area contributed by atoms with Crippen molar-refractivity contribution in [1.82, 2.24) is 10.2 Å². The summed E-state index contributed by atoms with van der Waals surface area (Å²) in [6, 6.07) is 17.3. The molecule has 0 unspecified atom stereocenters. The fraction of sp³-hybridized carbons (Fsp3) is 0.348. The number of guanidine groups is 1. The lowest BCUT2D eigenvalue weighted by Crippen LogP contribution is -2.56. The van der Waals surface area contributed by atoms with Crippen LogP contribution in [0.5, 0.6) is 0 Å². The molecule has 0 radical (unpaired) electrons. The van der Waals surface area contributed by atoms with Gasteiger partial charge in [-0.3, -0.25) is 14.9 Å². The Labute approximate surface area is 176 Å². The number of carbonyl (C=O) groups excluding carboxylic acids is 2. The average Bonchev–Trinajstić information content (AvgIpc) is 2.80. The molecule has 156 valence electrons. The second kappa shape index (κ2) is 8.98. The Morgan fingerprint density at radius 1 is 1.03 bits per heavy atom. The Hall–Kier alpha value is -3.35. The van der Waals surface area contributed by atoms with Crippen LogP contribution in [0.1, 0.15) is 18.9 Å². The van der Waals surface area contributed by atoms with Gasteiger partial charge in [-0.15, -0.1) is 0 Å². The zero-order chi connectivity index (χ0) is 20.9. The molecule has 4 rings (SSSR count). The van der Waals surface area contributed by atoms with Crippen molar-refractivity contribution < 1.29 is 9.59 Å². The molecule has 0 aromatic heterocycles. The lowest BCUT2D eigenvalue weighted by Gasteiger charge is -2.38. The molecule has 2 N–H and O–H groups in total. The van der Waals surface area contributed by atoms with Crippen LogP contribution in [0.3, 0.4) is 0 Å². The van der Waals surface area contributed by atoms with Crippen LogP contribution in [0.2, 0.25) is 0 Å². The van der Waals surface area contributed by atoms with Crippen molar-refractivity contribution >= 4 is 29.1 Å². The lowest BCUT2D eigenvalue weighted by molar-refractivity contribution is -0.125. The Kier molecular flexibility index (Phi) is 5.97. The van der Waals surface area contributed by atoms with E-state index in [1.165, 1.54) is 11.3 Å². The third-order valence-electron chi connectivity index (χ3n) is 5.54. The number of benzene rings is 2. The monoisotopic (exact) mass is 405 g/mol. The number of aliphatic imine (C=N–C) groups is 1. The molecule has 0 aliphatic carbocycles. The minimum Gasteiger partial charge on any atom is -0.368 e. The van der Waals surface area contributed by atoms with Crippen LogP contribution in [-0.2, 0) is 16.0 Å². The molecule has 2 aliphatic rings. The van der Waals surface area contributed by atoms with Gasteiger partial charge >= 0.3 is 0 Å². The van der Waals surface area contributed by atoms with E-state index >= 15 is 0 Å². The second-order valence-electron chi connectivity index (χ2n) is 7.57. The second-order valence-corrected chi connectivity index (χ2v) is 7.57. The molecule has 2 heterocycles. The number of para-hydroxylation sites is 1. The topological polar surface area (TPSA) is 77.0 Å². The van der Waals surface area contributed by atoms with Gasteiger partial charge in [-0.05, 0) is 36.2 Å². The van der Waals surface area contributed by atoms with Crippen LogP contribution >= 0.6 is 0 Å². The highest BCUT2D eigenvalue weighted by atomic mass is 16.2. The van der Waals surface area contributed by atoms with Crippen LogP contribution < -0.4 is 15.5 Å². The van der Waals surface area contributed by atoms with E-state index in [0.29, 0.717) is 5.96 Å². The first-order chi connectivity index (χ1) is 14.6. The highest BCUT2D eigenvalue weighted by Gasteiger charge is 2.30. The molecule has 1 fully saturated rings. The van der Waals surface area contributed by atoms with Crippen LogP contribution in [0.25, 0.3) is 0 Å². The summed E-state index contributed by atoms with van der Waals surface area (Å²) < 4.78 is 0. The van der Waals surface area contributed by atoms with Gasteiger partial charge in [0.2, 0.25) is 17.8 Å². The summed E-state index contributed by atoms with van der Waals surface area (Å²) in [7, 11) is 0. The van der Waals surface area contributed by atoms with Crippen LogP contribution in [0.4, 0.5) is 11.4 Å². The first-order valence-corrected chi connectivity index (χ1v) is 10.4. The van der Waals surface area contributed by atoms with E-state index in [1.807, 2.05) is 47.4 Å². The first-order valence-electron chi connectivity index (χ1n) is 10.4. The summed E-state index contributed by atoms with van der Waals surface area (Å²) in [5.74, 6) is 0.0712. The molecule has 0 bridgehead atoms. The Balaban J connectivity index is 1.39. The molecule has 7 heteroatoms. The summed E-state index contributed by atoms with van der Waals surface area (Å²) in [4.78, 5) is 33.9. The van der Waals surface area contributed by atoms with E-state index < -0.39 is 6.04 Å². The molecule has 30 heavy (non-hydrogen) atoms. The Morgan fingerprint density at radius 3 is 2.37 bits per heavy atom. The number of amides is 2. The van der Waals surface area contributed by atoms with Gasteiger partial charge in [-0.2, -0.15) is 0 Å². The number of nitrogens with one attached hydrogen (secondary N) is 2. The molecule has 1 saturated heterocycles. The number of carbonyl (C=O) groups is 2. The fourth-order valence-corrected chi connectivity index (χ4v) is 3.75. The minimum absolute atomic E-state index is 0.0619. The van der Waals surface area contributed by atoms with Gasteiger partial charge in [0.1, 0.15) is 6.04 Å². The highest BCUT2D eigenvalue weighted by molar-refractivity contribution is 6.06. The Bertz CT molecular complexity index is 918. The molecule has 1 atom stereocenters. The van der Waals surface area contributed by atoms with Gasteiger partial charge in [0, 0.05) is 37.6 Å². The van der Waals surface area contributed by atoms with E-state index in [2.05, 4.69) is 39.6 Å². The van der Waals surface area contributed by atoms with Crippen LogP contribution in [-0.4, -0.2) is 54.9 Å². The standard InChI is InChI=1S/C23H27N5O2/c1-2-17-8-10-18(11-9-17)24-22(30)20-16-21(29)26-23(25-20)28-14-12-27(13-15-28)19-6-4-3-5-7-19/h3-11,20H,2,12-16H2,1H3,(H,24,30)(H,25,26,29)/t20-/m1/s1. The van der Waals surface area contributed by atoms with Gasteiger partial charge in [0.05, 0.1) is 6.42 Å². The van der Waals surface area contributed by atoms with Crippen molar-refractivity contribution in [2.45, 2.75) is 25.8 Å². The molecular weight excluding hydrogens is 378 g/mol. The number of nitrogens with zero attached hydrogens (tertiary/aromatic N) is 3. The SMILES string of the molecule is CCc1ccc(NC(=O)[C@H]2CC(=O)NC(N3CCN(c4ccccc4)CC3)=N2)cc1. The van der Waals surface area contributed by atoms with Crippen molar-refractivity contribution in [2.24, 2.45) is 4.99 Å². The minimum atomic E-state index is -0.716. The van der Waals surface area contributed by atoms with Gasteiger partial charge < -0.3 is 15.1 Å². The zero-order valence-electron chi connectivity index (χ0n) is 17.2. The Morgan fingerprint density at radius 2 is 1.70 bits per heavy atom. The summed E-state index contributed by atoms with van der Waals surface area (Å²) >= 11 is 0. The molecule has 2 aliphatic heterocycles. The quantitative estimate of drug-likeness (QED) is 0.818. The third kappa shape index (κ3) is 4.62. The van der Waals surface area contributed by atoms with E-state index in [-0.39, 0.29) is 18.2 Å². The van der Waals surface area contributed by atoms with E-state index in [9.17, 15) is 9.59 Å². The van der Waals surface area contributed by atoms with Crippen molar-refractivity contribution in [3.63, 3.8) is 0 Å². The maximum Gasteiger partial charge on any atom is 0.249 e. The smallest absolute Gasteiger partial charge is 0.249 e. The van der Waals surface area contributed by atoms with E-state index in [1.54, 1.807) is 0 Å². The lowest BCUT2D eigenvalue weighted by atomic mass is 10.1. The maximum atomic E-state index is 12.7. The molecule has 0 saturated carbocycles. The van der Waals surface area contributed by atoms with E-state index in [0.717, 1.165) is 38.3 Å². The molecule has 2 aromatic carbocycles. The molecular formula is C23H27N5O2. The normalized spacial score (nSPS) is 19.2. The highest BCUT2D eigenvalue weighted by Crippen LogP contribution is 2.17.